The van der Waals surface area contributed by atoms with Crippen molar-refractivity contribution in [2.45, 2.75) is 18.4 Å². The lowest BCUT2D eigenvalue weighted by Crippen LogP contribution is -2.42. The van der Waals surface area contributed by atoms with Crippen molar-refractivity contribution in [2.24, 2.45) is 0 Å². The number of hydrogen-bond acceptors (Lipinski definition) is 3. The van der Waals surface area contributed by atoms with Crippen LogP contribution >= 0.6 is 0 Å². The van der Waals surface area contributed by atoms with Gasteiger partial charge < -0.3 is 9.47 Å². The highest BCUT2D eigenvalue weighted by atomic mass is 19.1. The highest BCUT2D eigenvalue weighted by Crippen LogP contribution is 2.38. The molecule has 4 heteroatoms. The van der Waals surface area contributed by atoms with Crippen LogP contribution in [0.5, 0.6) is 5.75 Å². The molecule has 1 aromatic carbocycles. The van der Waals surface area contributed by atoms with Crippen molar-refractivity contribution < 1.29 is 18.7 Å². The molecule has 2 aliphatic heterocycles. The Morgan fingerprint density at radius 3 is 3.00 bits per heavy atom. The van der Waals surface area contributed by atoms with Gasteiger partial charge in [-0.2, -0.15) is 0 Å². The fourth-order valence-electron chi connectivity index (χ4n) is 2.28. The Balaban J connectivity index is 2.03. The molecule has 2 aliphatic rings. The summed E-state index contributed by atoms with van der Waals surface area (Å²) < 4.78 is 24.1. The monoisotopic (exact) mass is 222 g/mol. The minimum Gasteiger partial charge on any atom is -0.483 e. The maximum atomic E-state index is 13.1. The summed E-state index contributed by atoms with van der Waals surface area (Å²) >= 11 is 0. The quantitative estimate of drug-likeness (QED) is 0.673. The number of hydrogen-bond donors (Lipinski definition) is 0. The fraction of sp³-hybridized carbons (Fsp3) is 0.417. The summed E-state index contributed by atoms with van der Waals surface area (Å²) in [5.74, 6) is -0.0315. The Kier molecular flexibility index (Phi) is 2.01. The van der Waals surface area contributed by atoms with Crippen molar-refractivity contribution in [3.63, 3.8) is 0 Å². The Hall–Kier alpha value is -1.42. The van der Waals surface area contributed by atoms with Gasteiger partial charge in [0.05, 0.1) is 25.2 Å². The van der Waals surface area contributed by atoms with Crippen LogP contribution in [0.2, 0.25) is 0 Å². The Morgan fingerprint density at radius 2 is 2.25 bits per heavy atom. The summed E-state index contributed by atoms with van der Waals surface area (Å²) in [6, 6.07) is 4.03. The maximum absolute atomic E-state index is 13.1. The number of rotatable bonds is 0. The van der Waals surface area contributed by atoms with Crippen LogP contribution < -0.4 is 4.74 Å². The predicted molar refractivity (Wildman–Crippen MR) is 54.1 cm³/mol. The van der Waals surface area contributed by atoms with Gasteiger partial charge in [0.2, 0.25) is 0 Å². The smallest absolute Gasteiger partial charge is 0.170 e. The molecule has 16 heavy (non-hydrogen) atoms. The number of fused-ring (bicyclic) bond motifs is 1. The van der Waals surface area contributed by atoms with E-state index >= 15 is 0 Å². The van der Waals surface area contributed by atoms with E-state index in [9.17, 15) is 9.18 Å². The van der Waals surface area contributed by atoms with Gasteiger partial charge >= 0.3 is 0 Å². The molecule has 0 bridgehead atoms. The zero-order valence-electron chi connectivity index (χ0n) is 8.66. The fourth-order valence-corrected chi connectivity index (χ4v) is 2.28. The van der Waals surface area contributed by atoms with Gasteiger partial charge in [0.1, 0.15) is 17.2 Å². The van der Waals surface area contributed by atoms with Crippen molar-refractivity contribution in [1.82, 2.24) is 0 Å². The zero-order chi connectivity index (χ0) is 11.2. The van der Waals surface area contributed by atoms with Crippen molar-refractivity contribution in [2.75, 3.05) is 13.2 Å². The molecule has 0 amide bonds. The summed E-state index contributed by atoms with van der Waals surface area (Å²) in [6.07, 6.45) is 1.01. The van der Waals surface area contributed by atoms with Gasteiger partial charge in [0.15, 0.2) is 5.78 Å². The standard InChI is InChI=1S/C12H11FO3/c13-8-1-2-9-10(14)6-12(3-4-15-7-12)16-11(9)5-8/h1-2,5H,3-4,6-7H2/t12-/m1/s1. The number of ether oxygens (including phenoxy) is 2. The first-order chi connectivity index (χ1) is 7.69. The molecule has 1 fully saturated rings. The highest BCUT2D eigenvalue weighted by Gasteiger charge is 2.43. The Morgan fingerprint density at radius 1 is 1.38 bits per heavy atom. The predicted octanol–water partition coefficient (Wildman–Crippen LogP) is 1.95. The van der Waals surface area contributed by atoms with E-state index < -0.39 is 5.60 Å². The van der Waals surface area contributed by atoms with Crippen LogP contribution in [0, 0.1) is 5.82 Å². The van der Waals surface area contributed by atoms with Crippen molar-refractivity contribution >= 4 is 5.78 Å². The SMILES string of the molecule is O=C1C[C@@]2(CCOC2)Oc2cc(F)ccc21. The third kappa shape index (κ3) is 1.41. The molecule has 0 radical (unpaired) electrons. The first-order valence-electron chi connectivity index (χ1n) is 5.28. The second kappa shape index (κ2) is 3.28. The number of carbonyl (C=O) groups is 1. The zero-order valence-corrected chi connectivity index (χ0v) is 8.66. The van der Waals surface area contributed by atoms with Crippen LogP contribution in [0.3, 0.4) is 0 Å². The van der Waals surface area contributed by atoms with Crippen LogP contribution in [-0.2, 0) is 4.74 Å². The van der Waals surface area contributed by atoms with Crippen molar-refractivity contribution in [3.8, 4) is 5.75 Å². The van der Waals surface area contributed by atoms with Gasteiger partial charge in [-0.3, -0.25) is 4.79 Å². The van der Waals surface area contributed by atoms with Gasteiger partial charge in [-0.05, 0) is 12.1 Å². The summed E-state index contributed by atoms with van der Waals surface area (Å²) in [4.78, 5) is 11.9. The third-order valence-corrected chi connectivity index (χ3v) is 3.12. The summed E-state index contributed by atoms with van der Waals surface area (Å²) in [5.41, 5.74) is -0.0864. The molecule has 0 aromatic heterocycles. The van der Waals surface area contributed by atoms with Gasteiger partial charge in [-0.1, -0.05) is 0 Å². The lowest BCUT2D eigenvalue weighted by Gasteiger charge is -2.33. The van der Waals surface area contributed by atoms with Crippen LogP contribution in [0.4, 0.5) is 4.39 Å². The number of carbonyl (C=O) groups excluding carboxylic acids is 1. The molecule has 1 atom stereocenters. The normalized spacial score (nSPS) is 27.9. The summed E-state index contributed by atoms with van der Waals surface area (Å²) in [7, 11) is 0. The van der Waals surface area contributed by atoms with Crippen molar-refractivity contribution in [3.05, 3.63) is 29.6 Å². The molecular formula is C12H11FO3. The van der Waals surface area contributed by atoms with Gasteiger partial charge in [0.25, 0.3) is 0 Å². The lowest BCUT2D eigenvalue weighted by molar-refractivity contribution is 0.0303. The minimum absolute atomic E-state index is 0.00625. The Labute approximate surface area is 92.2 Å². The summed E-state index contributed by atoms with van der Waals surface area (Å²) in [6.45, 7) is 1.01. The molecule has 0 aliphatic carbocycles. The molecule has 3 rings (SSSR count). The number of ketones is 1. The van der Waals surface area contributed by atoms with Crippen LogP contribution in [-0.4, -0.2) is 24.6 Å². The van der Waals surface area contributed by atoms with E-state index in [1.54, 1.807) is 0 Å². The average Bonchev–Trinajstić information content (AvgIpc) is 2.65. The second-order valence-electron chi connectivity index (χ2n) is 4.33. The molecule has 0 saturated carbocycles. The number of benzene rings is 1. The molecule has 0 unspecified atom stereocenters. The molecule has 3 nitrogen and oxygen atoms in total. The van der Waals surface area contributed by atoms with E-state index in [1.807, 2.05) is 0 Å². The number of Topliss-reactive ketones (excluding diaryl/α,β-unsaturated/α-hetero) is 1. The number of halogens is 1. The van der Waals surface area contributed by atoms with E-state index in [4.69, 9.17) is 9.47 Å². The van der Waals surface area contributed by atoms with Crippen LogP contribution in [0.1, 0.15) is 23.2 Å². The van der Waals surface area contributed by atoms with E-state index in [2.05, 4.69) is 0 Å². The van der Waals surface area contributed by atoms with Gasteiger partial charge in [-0.25, -0.2) is 4.39 Å². The van der Waals surface area contributed by atoms with Crippen LogP contribution in [0.15, 0.2) is 18.2 Å². The molecular weight excluding hydrogens is 211 g/mol. The van der Waals surface area contributed by atoms with E-state index in [-0.39, 0.29) is 11.6 Å². The lowest BCUT2D eigenvalue weighted by atomic mass is 9.89. The first kappa shape index (κ1) is 9.78. The Bertz CT molecular complexity index is 450. The average molecular weight is 222 g/mol. The van der Waals surface area contributed by atoms with Gasteiger partial charge in [0, 0.05) is 12.5 Å². The topological polar surface area (TPSA) is 35.5 Å². The second-order valence-corrected chi connectivity index (χ2v) is 4.33. The first-order valence-corrected chi connectivity index (χ1v) is 5.28. The highest BCUT2D eigenvalue weighted by molar-refractivity contribution is 6.00. The molecule has 1 spiro atoms. The van der Waals surface area contributed by atoms with Crippen LogP contribution in [0.25, 0.3) is 0 Å². The molecule has 2 heterocycles. The van der Waals surface area contributed by atoms with Gasteiger partial charge in [-0.15, -0.1) is 0 Å². The summed E-state index contributed by atoms with van der Waals surface area (Å²) in [5, 5.41) is 0. The largest absolute Gasteiger partial charge is 0.483 e. The van der Waals surface area contributed by atoms with E-state index in [0.717, 1.165) is 0 Å². The molecule has 1 aromatic rings. The molecule has 0 N–H and O–H groups in total. The maximum Gasteiger partial charge on any atom is 0.170 e. The van der Waals surface area contributed by atoms with Crippen molar-refractivity contribution in [1.29, 1.82) is 0 Å². The molecule has 1 saturated heterocycles. The minimum atomic E-state index is -0.558. The third-order valence-electron chi connectivity index (χ3n) is 3.12. The van der Waals surface area contributed by atoms with E-state index in [1.165, 1.54) is 18.2 Å². The molecule has 84 valence electrons. The van der Waals surface area contributed by atoms with E-state index in [0.29, 0.717) is 37.4 Å².